The minimum Gasteiger partial charge on any atom is -0.497 e. The minimum absolute atomic E-state index is 0.201. The van der Waals surface area contributed by atoms with Gasteiger partial charge in [-0.1, -0.05) is 78.1 Å². The first-order valence-corrected chi connectivity index (χ1v) is 15.0. The average molecular weight is 613 g/mol. The summed E-state index contributed by atoms with van der Waals surface area (Å²) in [4.78, 5) is 33.2. The van der Waals surface area contributed by atoms with Gasteiger partial charge in [-0.3, -0.25) is 14.2 Å². The van der Waals surface area contributed by atoms with Crippen LogP contribution in [-0.4, -0.2) is 17.6 Å². The SMILES string of the molecule is COc1ccc([C@@H]2C(C(=O)Nc3ccccc3)=C(C)N=c3s/c(=C/c4ccccc4OCc4ccccc4C#N)c(=O)n32)cc1. The molecule has 0 fully saturated rings. The Balaban J connectivity index is 1.42. The Morgan fingerprint density at radius 2 is 1.71 bits per heavy atom. The molecule has 1 amide bonds. The third-order valence-corrected chi connectivity index (χ3v) is 8.44. The van der Waals surface area contributed by atoms with Gasteiger partial charge in [0.2, 0.25) is 0 Å². The number of methoxy groups -OCH3 is 1. The largest absolute Gasteiger partial charge is 0.497 e. The highest BCUT2D eigenvalue weighted by molar-refractivity contribution is 7.07. The monoisotopic (exact) mass is 612 g/mol. The molecule has 1 N–H and O–H groups in total. The third kappa shape index (κ3) is 6.05. The number of aromatic nitrogens is 1. The molecule has 8 nitrogen and oxygen atoms in total. The van der Waals surface area contributed by atoms with Gasteiger partial charge in [0.25, 0.3) is 11.5 Å². The van der Waals surface area contributed by atoms with Gasteiger partial charge in [-0.25, -0.2) is 4.99 Å². The molecule has 0 saturated heterocycles. The van der Waals surface area contributed by atoms with Gasteiger partial charge in [0.1, 0.15) is 18.1 Å². The van der Waals surface area contributed by atoms with Gasteiger partial charge < -0.3 is 14.8 Å². The molecule has 1 aromatic heterocycles. The maximum atomic E-state index is 14.2. The van der Waals surface area contributed by atoms with Gasteiger partial charge in [-0.15, -0.1) is 0 Å². The smallest absolute Gasteiger partial charge is 0.271 e. The molecule has 0 aliphatic carbocycles. The summed E-state index contributed by atoms with van der Waals surface area (Å²) in [7, 11) is 1.59. The van der Waals surface area contributed by atoms with Crippen LogP contribution in [0.3, 0.4) is 0 Å². The number of hydrogen-bond donors (Lipinski definition) is 1. The summed E-state index contributed by atoms with van der Waals surface area (Å²) < 4.78 is 13.5. The van der Waals surface area contributed by atoms with E-state index in [0.29, 0.717) is 48.9 Å². The highest BCUT2D eigenvalue weighted by Gasteiger charge is 2.32. The Hall–Kier alpha value is -5.72. The molecule has 0 saturated carbocycles. The van der Waals surface area contributed by atoms with Gasteiger partial charge in [0, 0.05) is 16.8 Å². The fraction of sp³-hybridized carbons (Fsp3) is 0.111. The Morgan fingerprint density at radius 1 is 1.00 bits per heavy atom. The van der Waals surface area contributed by atoms with E-state index in [1.54, 1.807) is 30.7 Å². The molecule has 1 atom stereocenters. The number of thiazole rings is 1. The van der Waals surface area contributed by atoms with Gasteiger partial charge in [-0.2, -0.15) is 5.26 Å². The maximum Gasteiger partial charge on any atom is 0.271 e. The molecular formula is C36H28N4O4S. The van der Waals surface area contributed by atoms with Crippen molar-refractivity contribution in [3.05, 3.63) is 156 Å². The predicted octanol–water partition coefficient (Wildman–Crippen LogP) is 5.33. The Labute approximate surface area is 263 Å². The number of nitrogens with zero attached hydrogens (tertiary/aromatic N) is 3. The summed E-state index contributed by atoms with van der Waals surface area (Å²) in [5.41, 5.74) is 4.03. The van der Waals surface area contributed by atoms with E-state index in [1.165, 1.54) is 11.3 Å². The molecule has 4 aromatic carbocycles. The summed E-state index contributed by atoms with van der Waals surface area (Å²) in [5.74, 6) is 0.895. The predicted molar refractivity (Wildman–Crippen MR) is 174 cm³/mol. The second-order valence-electron chi connectivity index (χ2n) is 10.3. The number of para-hydroxylation sites is 2. The van der Waals surface area contributed by atoms with E-state index in [1.807, 2.05) is 97.1 Å². The molecule has 45 heavy (non-hydrogen) atoms. The van der Waals surface area contributed by atoms with Crippen LogP contribution in [0.15, 0.2) is 124 Å². The number of carbonyl (C=O) groups is 1. The number of hydrogen-bond acceptors (Lipinski definition) is 7. The van der Waals surface area contributed by atoms with Gasteiger partial charge in [0.15, 0.2) is 4.80 Å². The van der Waals surface area contributed by atoms with Crippen LogP contribution in [0.1, 0.15) is 35.2 Å². The molecule has 5 aromatic rings. The van der Waals surface area contributed by atoms with Crippen molar-refractivity contribution in [3.8, 4) is 17.6 Å². The van der Waals surface area contributed by atoms with E-state index >= 15 is 0 Å². The van der Waals surface area contributed by atoms with Crippen molar-refractivity contribution < 1.29 is 14.3 Å². The number of carbonyl (C=O) groups excluding carboxylic acids is 1. The van der Waals surface area contributed by atoms with E-state index in [0.717, 1.165) is 11.1 Å². The molecule has 0 bridgehead atoms. The normalized spacial score (nSPS) is 14.2. The molecular weight excluding hydrogens is 584 g/mol. The number of benzene rings is 4. The number of nitriles is 1. The van der Waals surface area contributed by atoms with Gasteiger partial charge in [0.05, 0.1) is 40.6 Å². The zero-order valence-electron chi connectivity index (χ0n) is 24.6. The van der Waals surface area contributed by atoms with Crippen molar-refractivity contribution in [1.82, 2.24) is 4.57 Å². The zero-order valence-corrected chi connectivity index (χ0v) is 25.4. The van der Waals surface area contributed by atoms with Crippen molar-refractivity contribution in [2.75, 3.05) is 12.4 Å². The Kier molecular flexibility index (Phi) is 8.40. The van der Waals surface area contributed by atoms with Crippen molar-refractivity contribution in [2.24, 2.45) is 4.99 Å². The summed E-state index contributed by atoms with van der Waals surface area (Å²) in [6, 6.07) is 32.7. The van der Waals surface area contributed by atoms with Crippen LogP contribution >= 0.6 is 11.3 Å². The highest BCUT2D eigenvalue weighted by atomic mass is 32.1. The molecule has 0 radical (unpaired) electrons. The van der Waals surface area contributed by atoms with Crippen molar-refractivity contribution in [1.29, 1.82) is 5.26 Å². The maximum absolute atomic E-state index is 14.2. The molecule has 1 aliphatic heterocycles. The molecule has 1 aliphatic rings. The number of anilines is 1. The summed E-state index contributed by atoms with van der Waals surface area (Å²) in [5, 5.41) is 12.4. The van der Waals surface area contributed by atoms with E-state index in [4.69, 9.17) is 14.5 Å². The summed E-state index contributed by atoms with van der Waals surface area (Å²) in [6.45, 7) is 1.99. The van der Waals surface area contributed by atoms with E-state index in [9.17, 15) is 14.9 Å². The summed E-state index contributed by atoms with van der Waals surface area (Å²) >= 11 is 1.25. The molecule has 222 valence electrons. The van der Waals surface area contributed by atoms with E-state index in [2.05, 4.69) is 11.4 Å². The average Bonchev–Trinajstić information content (AvgIpc) is 3.37. The number of nitrogens with one attached hydrogen (secondary N) is 1. The third-order valence-electron chi connectivity index (χ3n) is 7.46. The zero-order chi connectivity index (χ0) is 31.3. The fourth-order valence-corrected chi connectivity index (χ4v) is 6.25. The number of amides is 1. The lowest BCUT2D eigenvalue weighted by atomic mass is 9.95. The van der Waals surface area contributed by atoms with Crippen LogP contribution in [0.5, 0.6) is 11.5 Å². The number of allylic oxidation sites excluding steroid dienone is 1. The molecule has 0 unspecified atom stereocenters. The summed E-state index contributed by atoms with van der Waals surface area (Å²) in [6.07, 6.45) is 1.78. The lowest BCUT2D eigenvalue weighted by Gasteiger charge is -2.25. The first kappa shape index (κ1) is 29.4. The minimum atomic E-state index is -0.716. The van der Waals surface area contributed by atoms with Crippen LogP contribution in [0, 0.1) is 11.3 Å². The standard InChI is InChI=1S/C36H28N4O4S/c1-23-32(34(41)39-28-13-4-3-5-14-28)33(24-16-18-29(43-2)19-17-24)40-35(42)31(45-36(40)38-23)20-25-10-8-9-15-30(25)44-22-27-12-7-6-11-26(27)21-37/h3-20,33H,22H2,1-2H3,(H,39,41)/b31-20+/t33-/m1/s1. The van der Waals surface area contributed by atoms with Crippen LogP contribution in [0.2, 0.25) is 0 Å². The van der Waals surface area contributed by atoms with Crippen molar-refractivity contribution in [3.63, 3.8) is 0 Å². The van der Waals surface area contributed by atoms with E-state index < -0.39 is 6.04 Å². The number of ether oxygens (including phenoxy) is 2. The molecule has 2 heterocycles. The van der Waals surface area contributed by atoms with Crippen LogP contribution in [-0.2, 0) is 11.4 Å². The number of rotatable bonds is 8. The first-order chi connectivity index (χ1) is 22.0. The Bertz CT molecular complexity index is 2140. The van der Waals surface area contributed by atoms with Crippen LogP contribution < -0.4 is 29.7 Å². The van der Waals surface area contributed by atoms with Crippen LogP contribution in [0.4, 0.5) is 5.69 Å². The van der Waals surface area contributed by atoms with E-state index in [-0.39, 0.29) is 18.1 Å². The molecule has 0 spiro atoms. The highest BCUT2D eigenvalue weighted by Crippen LogP contribution is 2.32. The Morgan fingerprint density at radius 3 is 2.47 bits per heavy atom. The second kappa shape index (κ2) is 12.9. The molecule has 6 rings (SSSR count). The van der Waals surface area contributed by atoms with Gasteiger partial charge >= 0.3 is 0 Å². The topological polar surface area (TPSA) is 106 Å². The number of fused-ring (bicyclic) bond motifs is 1. The molecule has 9 heteroatoms. The lowest BCUT2D eigenvalue weighted by Crippen LogP contribution is -2.40. The first-order valence-electron chi connectivity index (χ1n) is 14.2. The quantitative estimate of drug-likeness (QED) is 0.255. The van der Waals surface area contributed by atoms with Crippen molar-refractivity contribution >= 4 is 29.0 Å². The van der Waals surface area contributed by atoms with Gasteiger partial charge in [-0.05, 0) is 55.0 Å². The van der Waals surface area contributed by atoms with Crippen LogP contribution in [0.25, 0.3) is 6.08 Å². The lowest BCUT2D eigenvalue weighted by molar-refractivity contribution is -0.113. The van der Waals surface area contributed by atoms with Crippen molar-refractivity contribution in [2.45, 2.75) is 19.6 Å². The fourth-order valence-electron chi connectivity index (χ4n) is 5.22. The second-order valence-corrected chi connectivity index (χ2v) is 11.3.